The first-order valence-corrected chi connectivity index (χ1v) is 3.97. The summed E-state index contributed by atoms with van der Waals surface area (Å²) in [6, 6.07) is 0. The quantitative estimate of drug-likeness (QED) is 0.512. The molecule has 0 aromatic heterocycles. The van der Waals surface area contributed by atoms with E-state index in [2.05, 4.69) is 31.2 Å². The Morgan fingerprint density at radius 3 is 2.91 bits per heavy atom. The Labute approximate surface area is 67.1 Å². The first-order chi connectivity index (χ1) is 5.25. The fourth-order valence-electron chi connectivity index (χ4n) is 1.61. The highest BCUT2D eigenvalue weighted by Crippen LogP contribution is 2.29. The monoisotopic (exact) mass is 148 g/mol. The summed E-state index contributed by atoms with van der Waals surface area (Å²) in [7, 11) is 0. The van der Waals surface area contributed by atoms with Gasteiger partial charge < -0.3 is 4.74 Å². The smallest absolute Gasteiger partial charge is 0.126 e. The fourth-order valence-corrected chi connectivity index (χ4v) is 1.61. The van der Waals surface area contributed by atoms with Crippen LogP contribution in [-0.2, 0) is 4.74 Å². The van der Waals surface area contributed by atoms with Gasteiger partial charge in [0.05, 0.1) is 5.76 Å². The van der Waals surface area contributed by atoms with Crippen LogP contribution < -0.4 is 0 Å². The molecule has 2 aliphatic rings. The van der Waals surface area contributed by atoms with Crippen LogP contribution in [0, 0.1) is 5.92 Å². The van der Waals surface area contributed by atoms with E-state index in [9.17, 15) is 0 Å². The molecule has 1 nitrogen and oxygen atoms in total. The molecule has 2 rings (SSSR count). The van der Waals surface area contributed by atoms with E-state index in [0.29, 0.717) is 5.92 Å². The van der Waals surface area contributed by atoms with Gasteiger partial charge in [0.25, 0.3) is 0 Å². The van der Waals surface area contributed by atoms with Gasteiger partial charge in [-0.25, -0.2) is 0 Å². The Kier molecular flexibility index (Phi) is 1.38. The normalized spacial score (nSPS) is 34.0. The largest absolute Gasteiger partial charge is 0.490 e. The summed E-state index contributed by atoms with van der Waals surface area (Å²) in [4.78, 5) is 0. The van der Waals surface area contributed by atoms with E-state index in [1.807, 2.05) is 6.92 Å². The summed E-state index contributed by atoms with van der Waals surface area (Å²) in [5, 5.41) is 0. The van der Waals surface area contributed by atoms with Crippen molar-refractivity contribution in [3.8, 4) is 0 Å². The minimum Gasteiger partial charge on any atom is -0.490 e. The molecule has 58 valence electrons. The maximum atomic E-state index is 5.54. The number of fused-ring (bicyclic) bond motifs is 1. The molecule has 0 saturated heterocycles. The molecule has 2 unspecified atom stereocenters. The van der Waals surface area contributed by atoms with Gasteiger partial charge in [-0.15, -0.1) is 0 Å². The standard InChI is InChI=1S/C10H12O/c1-7-3-4-10-9(5-7)6-8(2)11-10/h3-6,9-10H,1-2H3. The molecular formula is C10H12O. The van der Waals surface area contributed by atoms with Gasteiger partial charge in [-0.3, -0.25) is 0 Å². The van der Waals surface area contributed by atoms with E-state index in [1.165, 1.54) is 5.57 Å². The number of ether oxygens (including phenoxy) is 1. The SMILES string of the molecule is CC1=CC2C=C(C)OC2C=C1. The van der Waals surface area contributed by atoms with Gasteiger partial charge in [-0.2, -0.15) is 0 Å². The highest BCUT2D eigenvalue weighted by atomic mass is 16.5. The molecule has 0 aromatic rings. The number of hydrogen-bond acceptors (Lipinski definition) is 1. The molecule has 1 heteroatoms. The molecule has 0 N–H and O–H groups in total. The van der Waals surface area contributed by atoms with Crippen LogP contribution in [0.3, 0.4) is 0 Å². The van der Waals surface area contributed by atoms with Crippen molar-refractivity contribution in [2.45, 2.75) is 20.0 Å². The molecule has 0 saturated carbocycles. The van der Waals surface area contributed by atoms with Crippen LogP contribution in [0.1, 0.15) is 13.8 Å². The molecule has 0 bridgehead atoms. The summed E-state index contributed by atoms with van der Waals surface area (Å²) in [5.74, 6) is 1.54. The van der Waals surface area contributed by atoms with Crippen LogP contribution in [0.15, 0.2) is 35.6 Å². The van der Waals surface area contributed by atoms with Crippen LogP contribution in [0.25, 0.3) is 0 Å². The van der Waals surface area contributed by atoms with Crippen LogP contribution in [-0.4, -0.2) is 6.10 Å². The van der Waals surface area contributed by atoms with E-state index in [0.717, 1.165) is 5.76 Å². The van der Waals surface area contributed by atoms with Crippen LogP contribution in [0.5, 0.6) is 0 Å². The summed E-state index contributed by atoms with van der Waals surface area (Å²) in [6.45, 7) is 4.13. The zero-order valence-corrected chi connectivity index (χ0v) is 6.87. The van der Waals surface area contributed by atoms with Gasteiger partial charge >= 0.3 is 0 Å². The predicted molar refractivity (Wildman–Crippen MR) is 45.0 cm³/mol. The van der Waals surface area contributed by atoms with Crippen LogP contribution in [0.2, 0.25) is 0 Å². The van der Waals surface area contributed by atoms with Gasteiger partial charge in [-0.05, 0) is 26.0 Å². The molecule has 2 atom stereocenters. The molecule has 0 spiro atoms. The minimum absolute atomic E-state index is 0.277. The lowest BCUT2D eigenvalue weighted by atomic mass is 9.95. The predicted octanol–water partition coefficient (Wildman–Crippen LogP) is 2.42. The second-order valence-corrected chi connectivity index (χ2v) is 3.21. The van der Waals surface area contributed by atoms with Crippen molar-refractivity contribution in [1.82, 2.24) is 0 Å². The van der Waals surface area contributed by atoms with E-state index < -0.39 is 0 Å². The Bertz CT molecular complexity index is 258. The van der Waals surface area contributed by atoms with Crippen LogP contribution >= 0.6 is 0 Å². The Morgan fingerprint density at radius 2 is 2.09 bits per heavy atom. The first-order valence-electron chi connectivity index (χ1n) is 3.97. The molecule has 0 amide bonds. The van der Waals surface area contributed by atoms with Crippen molar-refractivity contribution < 1.29 is 4.74 Å². The number of rotatable bonds is 0. The Hall–Kier alpha value is -0.980. The van der Waals surface area contributed by atoms with Crippen molar-refractivity contribution >= 4 is 0 Å². The first kappa shape index (κ1) is 6.71. The molecule has 0 fully saturated rings. The van der Waals surface area contributed by atoms with Gasteiger partial charge in [0.1, 0.15) is 6.10 Å². The van der Waals surface area contributed by atoms with Crippen molar-refractivity contribution in [1.29, 1.82) is 0 Å². The van der Waals surface area contributed by atoms with Gasteiger partial charge in [0.15, 0.2) is 0 Å². The lowest BCUT2D eigenvalue weighted by molar-refractivity contribution is 0.165. The molecule has 1 aliphatic heterocycles. The average Bonchev–Trinajstić information content (AvgIpc) is 2.27. The molecule has 11 heavy (non-hydrogen) atoms. The molecule has 0 radical (unpaired) electrons. The minimum atomic E-state index is 0.277. The Morgan fingerprint density at radius 1 is 1.27 bits per heavy atom. The summed E-state index contributed by atoms with van der Waals surface area (Å²) >= 11 is 0. The molecule has 0 aromatic carbocycles. The van der Waals surface area contributed by atoms with Crippen molar-refractivity contribution in [2.24, 2.45) is 5.92 Å². The van der Waals surface area contributed by atoms with Gasteiger partial charge in [0.2, 0.25) is 0 Å². The van der Waals surface area contributed by atoms with Crippen molar-refractivity contribution in [3.05, 3.63) is 35.6 Å². The zero-order valence-electron chi connectivity index (χ0n) is 6.87. The summed E-state index contributed by atoms with van der Waals surface area (Å²) in [5.41, 5.74) is 1.33. The van der Waals surface area contributed by atoms with Crippen molar-refractivity contribution in [3.63, 3.8) is 0 Å². The maximum Gasteiger partial charge on any atom is 0.126 e. The summed E-state index contributed by atoms with van der Waals surface area (Å²) in [6.07, 6.45) is 8.96. The van der Waals surface area contributed by atoms with E-state index in [4.69, 9.17) is 4.74 Å². The maximum absolute atomic E-state index is 5.54. The Balaban J connectivity index is 2.26. The third-order valence-electron chi connectivity index (χ3n) is 2.13. The van der Waals surface area contributed by atoms with Gasteiger partial charge in [-0.1, -0.05) is 17.7 Å². The number of allylic oxidation sites excluding steroid dienone is 3. The highest BCUT2D eigenvalue weighted by Gasteiger charge is 2.25. The lowest BCUT2D eigenvalue weighted by Crippen LogP contribution is -2.14. The van der Waals surface area contributed by atoms with Crippen LogP contribution in [0.4, 0.5) is 0 Å². The van der Waals surface area contributed by atoms with E-state index in [1.54, 1.807) is 0 Å². The molecular weight excluding hydrogens is 136 g/mol. The second-order valence-electron chi connectivity index (χ2n) is 3.21. The molecule has 1 aliphatic carbocycles. The number of hydrogen-bond donors (Lipinski definition) is 0. The van der Waals surface area contributed by atoms with Crippen molar-refractivity contribution in [2.75, 3.05) is 0 Å². The fraction of sp³-hybridized carbons (Fsp3) is 0.400. The lowest BCUT2D eigenvalue weighted by Gasteiger charge is -2.16. The van der Waals surface area contributed by atoms with E-state index in [-0.39, 0.29) is 6.10 Å². The molecule has 1 heterocycles. The van der Waals surface area contributed by atoms with E-state index >= 15 is 0 Å². The summed E-state index contributed by atoms with van der Waals surface area (Å²) < 4.78 is 5.54. The highest BCUT2D eigenvalue weighted by molar-refractivity contribution is 5.30. The average molecular weight is 148 g/mol. The van der Waals surface area contributed by atoms with Gasteiger partial charge in [0, 0.05) is 5.92 Å². The second kappa shape index (κ2) is 2.26. The third kappa shape index (κ3) is 1.11. The zero-order chi connectivity index (χ0) is 7.84. The topological polar surface area (TPSA) is 9.23 Å². The third-order valence-corrected chi connectivity index (χ3v) is 2.13.